The molecule has 0 bridgehead atoms. The SMILES string of the molecule is Cc1cccc2c1S(=O)(=O)C(CC(C)(C)C(=O)O)=C2. The van der Waals surface area contributed by atoms with Crippen molar-refractivity contribution in [3.8, 4) is 0 Å². The molecular weight excluding hydrogens is 264 g/mol. The van der Waals surface area contributed by atoms with Gasteiger partial charge in [0.15, 0.2) is 0 Å². The molecule has 0 radical (unpaired) electrons. The van der Waals surface area contributed by atoms with Crippen LogP contribution in [-0.4, -0.2) is 19.5 Å². The predicted octanol–water partition coefficient (Wildman–Crippen LogP) is 2.62. The zero-order valence-corrected chi connectivity index (χ0v) is 11.9. The Morgan fingerprint density at radius 1 is 1.32 bits per heavy atom. The van der Waals surface area contributed by atoms with Crippen LogP contribution in [0.15, 0.2) is 28.0 Å². The van der Waals surface area contributed by atoms with Gasteiger partial charge < -0.3 is 5.11 Å². The average Bonchev–Trinajstić information content (AvgIpc) is 2.51. The number of fused-ring (bicyclic) bond motifs is 1. The van der Waals surface area contributed by atoms with Crippen LogP contribution in [0.3, 0.4) is 0 Å². The van der Waals surface area contributed by atoms with Crippen molar-refractivity contribution in [1.82, 2.24) is 0 Å². The van der Waals surface area contributed by atoms with Crippen LogP contribution < -0.4 is 0 Å². The summed E-state index contributed by atoms with van der Waals surface area (Å²) in [7, 11) is -3.55. The summed E-state index contributed by atoms with van der Waals surface area (Å²) in [5.41, 5.74) is 0.238. The molecule has 4 nitrogen and oxygen atoms in total. The van der Waals surface area contributed by atoms with Crippen molar-refractivity contribution < 1.29 is 18.3 Å². The summed E-state index contributed by atoms with van der Waals surface area (Å²) in [5, 5.41) is 9.12. The fourth-order valence-electron chi connectivity index (χ4n) is 2.20. The van der Waals surface area contributed by atoms with E-state index in [1.165, 1.54) is 13.8 Å². The number of aliphatic carboxylic acids is 1. The highest BCUT2D eigenvalue weighted by Crippen LogP contribution is 2.40. The number of aryl methyl sites for hydroxylation is 1. The first-order valence-electron chi connectivity index (χ1n) is 5.95. The number of carbonyl (C=O) groups is 1. The van der Waals surface area contributed by atoms with Crippen molar-refractivity contribution in [3.63, 3.8) is 0 Å². The summed E-state index contributed by atoms with van der Waals surface area (Å²) in [6.45, 7) is 4.80. The van der Waals surface area contributed by atoms with Gasteiger partial charge in [0.1, 0.15) is 0 Å². The quantitative estimate of drug-likeness (QED) is 0.923. The number of carboxylic acids is 1. The third-order valence-electron chi connectivity index (χ3n) is 3.37. The minimum Gasteiger partial charge on any atom is -0.481 e. The van der Waals surface area contributed by atoms with E-state index >= 15 is 0 Å². The smallest absolute Gasteiger partial charge is 0.309 e. The van der Waals surface area contributed by atoms with E-state index in [0.717, 1.165) is 0 Å². The minimum atomic E-state index is -3.55. The maximum atomic E-state index is 12.4. The molecule has 102 valence electrons. The maximum absolute atomic E-state index is 12.4. The lowest BCUT2D eigenvalue weighted by Crippen LogP contribution is -2.25. The van der Waals surface area contributed by atoms with Crippen molar-refractivity contribution in [3.05, 3.63) is 34.2 Å². The van der Waals surface area contributed by atoms with Gasteiger partial charge in [0.2, 0.25) is 9.84 Å². The Bertz CT molecular complexity index is 681. The van der Waals surface area contributed by atoms with E-state index in [9.17, 15) is 13.2 Å². The van der Waals surface area contributed by atoms with Crippen LogP contribution in [0.5, 0.6) is 0 Å². The number of hydrogen-bond acceptors (Lipinski definition) is 3. The molecule has 1 heterocycles. The Hall–Kier alpha value is -1.62. The molecule has 19 heavy (non-hydrogen) atoms. The Kier molecular flexibility index (Phi) is 3.05. The summed E-state index contributed by atoms with van der Waals surface area (Å²) < 4.78 is 24.9. The van der Waals surface area contributed by atoms with Gasteiger partial charge in [-0.3, -0.25) is 4.79 Å². The third kappa shape index (κ3) is 2.18. The van der Waals surface area contributed by atoms with E-state index < -0.39 is 21.2 Å². The first-order valence-corrected chi connectivity index (χ1v) is 7.43. The van der Waals surface area contributed by atoms with Gasteiger partial charge in [0, 0.05) is 0 Å². The van der Waals surface area contributed by atoms with E-state index in [1.54, 1.807) is 31.2 Å². The van der Waals surface area contributed by atoms with E-state index in [1.807, 2.05) is 0 Å². The molecule has 5 heteroatoms. The number of rotatable bonds is 3. The number of sulfone groups is 1. The molecule has 0 amide bonds. The molecule has 1 N–H and O–H groups in total. The Labute approximate surface area is 112 Å². The Morgan fingerprint density at radius 2 is 1.95 bits per heavy atom. The van der Waals surface area contributed by atoms with Gasteiger partial charge in [-0.2, -0.15) is 0 Å². The van der Waals surface area contributed by atoms with Crippen LogP contribution >= 0.6 is 0 Å². The standard InChI is InChI=1S/C14H16O4S/c1-9-5-4-6-10-7-11(19(17,18)12(9)10)8-14(2,3)13(15)16/h4-7H,8H2,1-3H3,(H,15,16). The highest BCUT2D eigenvalue weighted by atomic mass is 32.2. The fraction of sp³-hybridized carbons (Fsp3) is 0.357. The molecule has 2 rings (SSSR count). The Balaban J connectivity index is 2.49. The van der Waals surface area contributed by atoms with Gasteiger partial charge in [0.25, 0.3) is 0 Å². The Morgan fingerprint density at radius 3 is 2.47 bits per heavy atom. The van der Waals surface area contributed by atoms with Crippen molar-refractivity contribution in [2.24, 2.45) is 5.41 Å². The van der Waals surface area contributed by atoms with Crippen molar-refractivity contribution in [2.75, 3.05) is 0 Å². The van der Waals surface area contributed by atoms with Gasteiger partial charge in [0.05, 0.1) is 15.2 Å². The number of hydrogen-bond donors (Lipinski definition) is 1. The van der Waals surface area contributed by atoms with E-state index in [0.29, 0.717) is 16.0 Å². The van der Waals surface area contributed by atoms with Gasteiger partial charge >= 0.3 is 5.97 Å². The summed E-state index contributed by atoms with van der Waals surface area (Å²) in [6.07, 6.45) is 1.58. The van der Waals surface area contributed by atoms with Crippen molar-refractivity contribution >= 4 is 21.9 Å². The normalized spacial score (nSPS) is 16.9. The molecular formula is C14H16O4S. The predicted molar refractivity (Wildman–Crippen MR) is 72.4 cm³/mol. The zero-order chi connectivity index (χ0) is 14.4. The molecule has 1 aliphatic heterocycles. The van der Waals surface area contributed by atoms with E-state index in [4.69, 9.17) is 5.11 Å². The zero-order valence-electron chi connectivity index (χ0n) is 11.1. The lowest BCUT2D eigenvalue weighted by Gasteiger charge is -2.19. The van der Waals surface area contributed by atoms with Crippen LogP contribution in [0.25, 0.3) is 6.08 Å². The van der Waals surface area contributed by atoms with Crippen LogP contribution in [0.4, 0.5) is 0 Å². The highest BCUT2D eigenvalue weighted by molar-refractivity contribution is 7.95. The van der Waals surface area contributed by atoms with Crippen molar-refractivity contribution in [2.45, 2.75) is 32.1 Å². The maximum Gasteiger partial charge on any atom is 0.309 e. The molecule has 1 aromatic carbocycles. The lowest BCUT2D eigenvalue weighted by atomic mass is 9.89. The molecule has 0 saturated heterocycles. The molecule has 1 aliphatic rings. The second-order valence-corrected chi connectivity index (χ2v) is 7.41. The summed E-state index contributed by atoms with van der Waals surface area (Å²) >= 11 is 0. The average molecular weight is 280 g/mol. The number of benzene rings is 1. The largest absolute Gasteiger partial charge is 0.481 e. The topological polar surface area (TPSA) is 71.4 Å². The molecule has 1 aromatic rings. The van der Waals surface area contributed by atoms with Gasteiger partial charge in [-0.05, 0) is 44.4 Å². The molecule has 0 aromatic heterocycles. The van der Waals surface area contributed by atoms with Crippen LogP contribution in [-0.2, 0) is 14.6 Å². The van der Waals surface area contributed by atoms with Crippen LogP contribution in [0.1, 0.15) is 31.4 Å². The third-order valence-corrected chi connectivity index (χ3v) is 5.42. The first-order chi connectivity index (χ1) is 8.66. The molecule has 0 aliphatic carbocycles. The van der Waals surface area contributed by atoms with Crippen LogP contribution in [0, 0.1) is 12.3 Å². The molecule has 0 saturated carbocycles. The molecule has 0 unspecified atom stereocenters. The summed E-state index contributed by atoms with van der Waals surface area (Å²) in [4.78, 5) is 11.6. The first kappa shape index (κ1) is 13.8. The highest BCUT2D eigenvalue weighted by Gasteiger charge is 2.37. The van der Waals surface area contributed by atoms with Gasteiger partial charge in [-0.25, -0.2) is 8.42 Å². The minimum absolute atomic E-state index is 0.00120. The van der Waals surface area contributed by atoms with Crippen molar-refractivity contribution in [1.29, 1.82) is 0 Å². The van der Waals surface area contributed by atoms with Gasteiger partial charge in [-0.1, -0.05) is 18.2 Å². The monoisotopic (exact) mass is 280 g/mol. The second kappa shape index (κ2) is 4.20. The van der Waals surface area contributed by atoms with E-state index in [-0.39, 0.29) is 11.3 Å². The van der Waals surface area contributed by atoms with Crippen LogP contribution in [0.2, 0.25) is 0 Å². The number of allylic oxidation sites excluding steroid dienone is 1. The number of carboxylic acid groups (broad SMARTS) is 1. The fourth-order valence-corrected chi connectivity index (χ4v) is 4.22. The molecule has 0 atom stereocenters. The van der Waals surface area contributed by atoms with Gasteiger partial charge in [-0.15, -0.1) is 0 Å². The summed E-state index contributed by atoms with van der Waals surface area (Å²) in [5.74, 6) is -1.00. The lowest BCUT2D eigenvalue weighted by molar-refractivity contribution is -0.146. The second-order valence-electron chi connectivity index (χ2n) is 5.47. The summed E-state index contributed by atoms with van der Waals surface area (Å²) in [6, 6.07) is 5.28. The molecule has 0 spiro atoms. The molecule has 0 fully saturated rings. The van der Waals surface area contributed by atoms with E-state index in [2.05, 4.69) is 0 Å².